The number of esters is 1. The number of anilines is 2. The Kier molecular flexibility index (Phi) is 7.25. The Morgan fingerprint density at radius 3 is 2.59 bits per heavy atom. The summed E-state index contributed by atoms with van der Waals surface area (Å²) in [5.74, 6) is -0.244. The zero-order chi connectivity index (χ0) is 29.6. The first kappa shape index (κ1) is 28.2. The van der Waals surface area contributed by atoms with Crippen LogP contribution in [0.25, 0.3) is 0 Å². The van der Waals surface area contributed by atoms with E-state index in [0.29, 0.717) is 23.5 Å². The molecular weight excluding hydrogens is 537 g/mol. The third-order valence-corrected chi connectivity index (χ3v) is 7.80. The number of nitriles is 1. The van der Waals surface area contributed by atoms with E-state index in [1.54, 1.807) is 25.1 Å². The fourth-order valence-electron chi connectivity index (χ4n) is 5.67. The van der Waals surface area contributed by atoms with E-state index in [2.05, 4.69) is 21.2 Å². The maximum atomic E-state index is 13.6. The lowest BCUT2D eigenvalue weighted by atomic mass is 9.87. The Hall–Kier alpha value is -4.37. The van der Waals surface area contributed by atoms with Crippen LogP contribution in [-0.2, 0) is 22.1 Å². The van der Waals surface area contributed by atoms with Crippen molar-refractivity contribution in [2.75, 3.05) is 26.1 Å². The van der Waals surface area contributed by atoms with Crippen molar-refractivity contribution in [3.63, 3.8) is 0 Å². The number of alkyl halides is 3. The standard InChI is InChI=1S/C29H29F3N6O3/c1-16-24(26(39)41-4)25(22-11-8-17(15-33)12-19(22)13-23(36(2)3)18-9-10-18)38-27(34-35-28(38)40)37(16)21-7-5-6-20(14-21)29(30,31)32/h5-8,11-12,14,18,23,25H,9-10,13H2,1-4H3,(H,35,40)/t23?,25-/m1/s1. The second-order valence-electron chi connectivity index (χ2n) is 10.6. The summed E-state index contributed by atoms with van der Waals surface area (Å²) in [5, 5.41) is 16.2. The van der Waals surface area contributed by atoms with Crippen molar-refractivity contribution >= 4 is 17.6 Å². The predicted octanol–water partition coefficient (Wildman–Crippen LogP) is 4.53. The molecule has 214 valence electrons. The van der Waals surface area contributed by atoms with Gasteiger partial charge in [0.1, 0.15) is 6.04 Å². The maximum absolute atomic E-state index is 13.6. The van der Waals surface area contributed by atoms with Gasteiger partial charge in [-0.1, -0.05) is 12.1 Å². The van der Waals surface area contributed by atoms with Gasteiger partial charge in [0.05, 0.1) is 29.9 Å². The van der Waals surface area contributed by atoms with Crippen LogP contribution in [0.4, 0.5) is 24.8 Å². The maximum Gasteiger partial charge on any atom is 0.416 e. The van der Waals surface area contributed by atoms with Gasteiger partial charge in [-0.25, -0.2) is 19.3 Å². The van der Waals surface area contributed by atoms with Crippen LogP contribution < -0.4 is 10.6 Å². The number of H-pyrrole nitrogens is 1. The first-order chi connectivity index (χ1) is 19.5. The summed E-state index contributed by atoms with van der Waals surface area (Å²) in [7, 11) is 5.19. The summed E-state index contributed by atoms with van der Waals surface area (Å²) < 4.78 is 47.2. The van der Waals surface area contributed by atoms with E-state index in [0.717, 1.165) is 30.5 Å². The number of methoxy groups -OCH3 is 1. The van der Waals surface area contributed by atoms with Crippen LogP contribution in [0, 0.1) is 17.2 Å². The van der Waals surface area contributed by atoms with Crippen molar-refractivity contribution in [3.8, 4) is 6.07 Å². The lowest BCUT2D eigenvalue weighted by Crippen LogP contribution is -2.38. The van der Waals surface area contributed by atoms with E-state index >= 15 is 0 Å². The predicted molar refractivity (Wildman–Crippen MR) is 144 cm³/mol. The number of ether oxygens (including phenoxy) is 1. The van der Waals surface area contributed by atoms with Crippen molar-refractivity contribution in [3.05, 3.63) is 86.5 Å². The SMILES string of the molecule is COC(=O)C1=C(C)N(c2cccc(C(F)(F)F)c2)c2n[nH]c(=O)n2[C@@H]1c1ccc(C#N)cc1CC(C1CC1)N(C)C. The summed E-state index contributed by atoms with van der Waals surface area (Å²) in [5.41, 5.74) is 0.660. The molecule has 0 spiro atoms. The second-order valence-corrected chi connectivity index (χ2v) is 10.6. The molecule has 41 heavy (non-hydrogen) atoms. The van der Waals surface area contributed by atoms with E-state index in [1.807, 2.05) is 14.1 Å². The molecule has 2 heterocycles. The average molecular weight is 567 g/mol. The highest BCUT2D eigenvalue weighted by molar-refractivity contribution is 5.93. The smallest absolute Gasteiger partial charge is 0.416 e. The molecule has 1 aliphatic heterocycles. The van der Waals surface area contributed by atoms with Crippen LogP contribution in [0.2, 0.25) is 0 Å². The van der Waals surface area contributed by atoms with Gasteiger partial charge in [0, 0.05) is 17.4 Å². The first-order valence-electron chi connectivity index (χ1n) is 13.1. The number of aromatic amines is 1. The number of hydrogen-bond acceptors (Lipinski definition) is 7. The van der Waals surface area contributed by atoms with E-state index in [1.165, 1.54) is 28.7 Å². The Morgan fingerprint density at radius 1 is 1.24 bits per heavy atom. The van der Waals surface area contributed by atoms with Crippen molar-refractivity contribution in [2.45, 2.75) is 44.4 Å². The summed E-state index contributed by atoms with van der Waals surface area (Å²) in [6.45, 7) is 1.58. The van der Waals surface area contributed by atoms with Gasteiger partial charge in [-0.05, 0) is 87.7 Å². The van der Waals surface area contributed by atoms with E-state index in [4.69, 9.17) is 4.74 Å². The van der Waals surface area contributed by atoms with Crippen LogP contribution in [0.5, 0.6) is 0 Å². The zero-order valence-corrected chi connectivity index (χ0v) is 23.0. The number of nitrogens with one attached hydrogen (secondary N) is 1. The van der Waals surface area contributed by atoms with E-state index < -0.39 is 29.4 Å². The summed E-state index contributed by atoms with van der Waals surface area (Å²) >= 11 is 0. The number of halogens is 3. The third-order valence-electron chi connectivity index (χ3n) is 7.80. The summed E-state index contributed by atoms with van der Waals surface area (Å²) in [6, 6.07) is 11.0. The molecule has 5 rings (SSSR count). The minimum absolute atomic E-state index is 0.0196. The molecule has 3 aromatic rings. The van der Waals surface area contributed by atoms with E-state index in [-0.39, 0.29) is 28.9 Å². The number of carbonyl (C=O) groups is 1. The third kappa shape index (κ3) is 5.13. The average Bonchev–Trinajstić information content (AvgIpc) is 3.71. The molecule has 1 aliphatic carbocycles. The fourth-order valence-corrected chi connectivity index (χ4v) is 5.67. The Morgan fingerprint density at radius 2 is 1.98 bits per heavy atom. The molecule has 1 aromatic heterocycles. The topological polar surface area (TPSA) is 107 Å². The number of rotatable bonds is 7. The molecule has 9 nitrogen and oxygen atoms in total. The summed E-state index contributed by atoms with van der Waals surface area (Å²) in [4.78, 5) is 30.2. The monoisotopic (exact) mass is 566 g/mol. The van der Waals surface area contributed by atoms with Gasteiger partial charge in [0.2, 0.25) is 5.95 Å². The molecule has 0 radical (unpaired) electrons. The lowest BCUT2D eigenvalue weighted by molar-refractivity contribution is -0.138. The van der Waals surface area contributed by atoms with Gasteiger partial charge in [0.15, 0.2) is 0 Å². The lowest BCUT2D eigenvalue weighted by Gasteiger charge is -2.36. The molecule has 1 N–H and O–H groups in total. The van der Waals surface area contributed by atoms with Crippen LogP contribution in [0.3, 0.4) is 0 Å². The molecule has 2 aromatic carbocycles. The minimum Gasteiger partial charge on any atom is -0.466 e. The number of benzene rings is 2. The first-order valence-corrected chi connectivity index (χ1v) is 13.1. The molecule has 0 amide bonds. The van der Waals surface area contributed by atoms with Crippen molar-refractivity contribution in [1.29, 1.82) is 5.26 Å². The van der Waals surface area contributed by atoms with Gasteiger partial charge in [-0.15, -0.1) is 5.10 Å². The van der Waals surface area contributed by atoms with Crippen LogP contribution in [0.1, 0.15) is 48.1 Å². The highest BCUT2D eigenvalue weighted by Crippen LogP contribution is 2.44. The van der Waals surface area contributed by atoms with Crippen LogP contribution >= 0.6 is 0 Å². The van der Waals surface area contributed by atoms with Gasteiger partial charge in [0.25, 0.3) is 0 Å². The Balaban J connectivity index is 1.74. The van der Waals surface area contributed by atoms with Crippen LogP contribution in [0.15, 0.2) is 58.5 Å². The Bertz CT molecular complexity index is 1630. The molecule has 2 aliphatic rings. The molecule has 2 atom stereocenters. The molecule has 1 saturated carbocycles. The zero-order valence-electron chi connectivity index (χ0n) is 23.0. The molecule has 1 fully saturated rings. The number of hydrogen-bond donors (Lipinski definition) is 1. The number of likely N-dealkylation sites (N-methyl/N-ethyl adjacent to an activating group) is 1. The van der Waals surface area contributed by atoms with Crippen molar-refractivity contribution in [2.24, 2.45) is 5.92 Å². The number of nitrogens with zero attached hydrogens (tertiary/aromatic N) is 5. The van der Waals surface area contributed by atoms with Crippen molar-refractivity contribution in [1.82, 2.24) is 19.7 Å². The fraction of sp³-hybridized carbons (Fsp3) is 0.379. The van der Waals surface area contributed by atoms with E-state index in [9.17, 15) is 28.0 Å². The number of allylic oxidation sites excluding steroid dienone is 1. The van der Waals surface area contributed by atoms with Gasteiger partial charge in [-0.3, -0.25) is 4.90 Å². The summed E-state index contributed by atoms with van der Waals surface area (Å²) in [6.07, 6.45) is -1.87. The number of fused-ring (bicyclic) bond motifs is 1. The van der Waals surface area contributed by atoms with Crippen molar-refractivity contribution < 1.29 is 22.7 Å². The quantitative estimate of drug-likeness (QED) is 0.419. The number of aromatic nitrogens is 3. The van der Waals surface area contributed by atoms with Crippen LogP contribution in [-0.4, -0.2) is 52.9 Å². The Labute approximate surface area is 234 Å². The molecule has 12 heteroatoms. The largest absolute Gasteiger partial charge is 0.466 e. The van der Waals surface area contributed by atoms with Gasteiger partial charge in [-0.2, -0.15) is 18.4 Å². The van der Waals surface area contributed by atoms with Gasteiger partial charge >= 0.3 is 17.8 Å². The number of carbonyl (C=O) groups excluding carboxylic acids is 1. The molecule has 0 bridgehead atoms. The van der Waals surface area contributed by atoms with Gasteiger partial charge < -0.3 is 9.64 Å². The molecular formula is C29H29F3N6O3. The minimum atomic E-state index is -4.61. The normalized spacial score (nSPS) is 17.8. The highest BCUT2D eigenvalue weighted by Gasteiger charge is 2.42. The molecule has 0 saturated heterocycles. The highest BCUT2D eigenvalue weighted by atomic mass is 19.4. The second kappa shape index (κ2) is 10.6. The molecule has 1 unspecified atom stereocenters.